The van der Waals surface area contributed by atoms with Crippen LogP contribution in [0.1, 0.15) is 5.56 Å². The van der Waals surface area contributed by atoms with Crippen molar-refractivity contribution in [2.45, 2.75) is 4.90 Å². The summed E-state index contributed by atoms with van der Waals surface area (Å²) in [5.41, 5.74) is 0.899. The molecule has 0 bridgehead atoms. The van der Waals surface area contributed by atoms with Crippen molar-refractivity contribution in [2.75, 3.05) is 6.26 Å². The van der Waals surface area contributed by atoms with Gasteiger partial charge in [-0.3, -0.25) is 4.79 Å². The van der Waals surface area contributed by atoms with E-state index in [1.807, 2.05) is 36.6 Å². The summed E-state index contributed by atoms with van der Waals surface area (Å²) in [7, 11) is 0. The van der Waals surface area contributed by atoms with Crippen molar-refractivity contribution < 1.29 is 0 Å². The quantitative estimate of drug-likeness (QED) is 0.664. The molecule has 6 heteroatoms. The zero-order chi connectivity index (χ0) is 12.5. The first-order chi connectivity index (χ1) is 8.78. The smallest absolute Gasteiger partial charge is 0.266 e. The highest BCUT2D eigenvalue weighted by atomic mass is 32.2. The fourth-order valence-electron chi connectivity index (χ4n) is 1.63. The summed E-state index contributed by atoms with van der Waals surface area (Å²) in [4.78, 5) is 17.8. The molecule has 0 aliphatic rings. The van der Waals surface area contributed by atoms with Gasteiger partial charge in [0.2, 0.25) is 4.96 Å². The third-order valence-corrected chi connectivity index (χ3v) is 4.25. The molecule has 18 heavy (non-hydrogen) atoms. The Bertz CT molecular complexity index is 789. The highest BCUT2D eigenvalue weighted by Gasteiger charge is 2.04. The number of fused-ring (bicyclic) bond motifs is 1. The first-order valence-electron chi connectivity index (χ1n) is 5.26. The third kappa shape index (κ3) is 1.93. The summed E-state index contributed by atoms with van der Waals surface area (Å²) in [6.45, 7) is 0. The van der Waals surface area contributed by atoms with E-state index in [9.17, 15) is 4.79 Å². The Morgan fingerprint density at radius 1 is 1.33 bits per heavy atom. The van der Waals surface area contributed by atoms with E-state index in [-0.39, 0.29) is 5.56 Å². The average molecular weight is 275 g/mol. The molecule has 3 rings (SSSR count). The number of aromatic nitrogens is 3. The Kier molecular flexibility index (Phi) is 2.89. The van der Waals surface area contributed by atoms with Gasteiger partial charge in [-0.1, -0.05) is 23.5 Å². The summed E-state index contributed by atoms with van der Waals surface area (Å²) in [5, 5.41) is 3.89. The molecule has 4 nitrogen and oxygen atoms in total. The topological polar surface area (TPSA) is 47.3 Å². The van der Waals surface area contributed by atoms with Crippen molar-refractivity contribution in [3.8, 4) is 0 Å². The van der Waals surface area contributed by atoms with Gasteiger partial charge in [-0.25, -0.2) is 4.98 Å². The van der Waals surface area contributed by atoms with E-state index in [1.54, 1.807) is 11.8 Å². The van der Waals surface area contributed by atoms with Crippen LogP contribution in [-0.4, -0.2) is 20.9 Å². The van der Waals surface area contributed by atoms with Crippen molar-refractivity contribution in [3.05, 3.63) is 51.0 Å². The number of hydrogen-bond donors (Lipinski definition) is 0. The molecule has 0 aliphatic heterocycles. The average Bonchev–Trinajstić information content (AvgIpc) is 2.95. The molecule has 3 aromatic rings. The van der Waals surface area contributed by atoms with E-state index in [4.69, 9.17) is 0 Å². The van der Waals surface area contributed by atoms with Crippen molar-refractivity contribution in [3.63, 3.8) is 0 Å². The van der Waals surface area contributed by atoms with Gasteiger partial charge in [-0.05, 0) is 30.0 Å². The van der Waals surface area contributed by atoms with Crippen LogP contribution in [-0.2, 0) is 0 Å². The van der Waals surface area contributed by atoms with Gasteiger partial charge in [0.05, 0.1) is 4.53 Å². The third-order valence-electron chi connectivity index (χ3n) is 2.53. The lowest BCUT2D eigenvalue weighted by Gasteiger charge is -1.95. The largest absolute Gasteiger partial charge is 0.291 e. The molecule has 1 aromatic carbocycles. The molecule has 0 amide bonds. The van der Waals surface area contributed by atoms with Crippen LogP contribution in [0.5, 0.6) is 0 Å². The Labute approximate surface area is 111 Å². The van der Waals surface area contributed by atoms with Gasteiger partial charge >= 0.3 is 0 Å². The van der Waals surface area contributed by atoms with Crippen molar-refractivity contribution in [2.24, 2.45) is 0 Å². The molecule has 0 aliphatic carbocycles. The lowest BCUT2D eigenvalue weighted by molar-refractivity contribution is 0.932. The van der Waals surface area contributed by atoms with Crippen LogP contribution in [0.25, 0.3) is 11.0 Å². The Morgan fingerprint density at radius 2 is 2.11 bits per heavy atom. The number of nitrogens with zero attached hydrogens (tertiary/aromatic N) is 3. The van der Waals surface area contributed by atoms with E-state index in [0.29, 0.717) is 9.49 Å². The summed E-state index contributed by atoms with van der Waals surface area (Å²) in [6, 6.07) is 8.08. The summed E-state index contributed by atoms with van der Waals surface area (Å²) >= 11 is 3.05. The lowest BCUT2D eigenvalue weighted by Crippen LogP contribution is -2.23. The molecule has 2 heterocycles. The fourth-order valence-corrected chi connectivity index (χ4v) is 2.92. The molecule has 0 fully saturated rings. The molecule has 0 N–H and O–H groups in total. The number of benzene rings is 1. The highest BCUT2D eigenvalue weighted by molar-refractivity contribution is 7.98. The Morgan fingerprint density at radius 3 is 2.78 bits per heavy atom. The molecule has 2 aromatic heterocycles. The van der Waals surface area contributed by atoms with Gasteiger partial charge < -0.3 is 0 Å². The second-order valence-electron chi connectivity index (χ2n) is 3.64. The molecule has 0 radical (unpaired) electrons. The Hall–Kier alpha value is -1.66. The van der Waals surface area contributed by atoms with Crippen molar-refractivity contribution in [1.29, 1.82) is 0 Å². The van der Waals surface area contributed by atoms with Crippen LogP contribution in [0.15, 0.2) is 40.3 Å². The van der Waals surface area contributed by atoms with Gasteiger partial charge in [0.1, 0.15) is 6.33 Å². The van der Waals surface area contributed by atoms with Gasteiger partial charge in [0.25, 0.3) is 5.56 Å². The van der Waals surface area contributed by atoms with E-state index in [2.05, 4.69) is 10.1 Å². The van der Waals surface area contributed by atoms with Crippen LogP contribution in [0, 0.1) is 0 Å². The minimum atomic E-state index is -0.110. The molecular formula is C12H9N3OS2. The first-order valence-corrected chi connectivity index (χ1v) is 7.30. The van der Waals surface area contributed by atoms with Crippen LogP contribution in [0.2, 0.25) is 0 Å². The summed E-state index contributed by atoms with van der Waals surface area (Å²) in [5.74, 6) is 0. The van der Waals surface area contributed by atoms with Crippen LogP contribution < -0.4 is 10.1 Å². The fraction of sp³-hybridized carbons (Fsp3) is 0.0833. The van der Waals surface area contributed by atoms with Gasteiger partial charge in [0, 0.05) is 4.90 Å². The normalized spacial score (nSPS) is 12.4. The highest BCUT2D eigenvalue weighted by Crippen LogP contribution is 2.15. The Balaban J connectivity index is 2.12. The summed E-state index contributed by atoms with van der Waals surface area (Å²) in [6.07, 6.45) is 5.30. The van der Waals surface area contributed by atoms with Crippen LogP contribution in [0.3, 0.4) is 0 Å². The second-order valence-corrected chi connectivity index (χ2v) is 5.53. The predicted molar refractivity (Wildman–Crippen MR) is 74.1 cm³/mol. The van der Waals surface area contributed by atoms with Crippen LogP contribution in [0.4, 0.5) is 0 Å². The van der Waals surface area contributed by atoms with E-state index in [0.717, 1.165) is 5.56 Å². The van der Waals surface area contributed by atoms with Gasteiger partial charge in [-0.2, -0.15) is 9.61 Å². The monoisotopic (exact) mass is 275 g/mol. The molecule has 0 saturated heterocycles. The molecule has 0 unspecified atom stereocenters. The number of thiazole rings is 1. The van der Waals surface area contributed by atoms with E-state index >= 15 is 0 Å². The van der Waals surface area contributed by atoms with Crippen molar-refractivity contribution in [1.82, 2.24) is 14.6 Å². The van der Waals surface area contributed by atoms with Crippen molar-refractivity contribution >= 4 is 34.1 Å². The number of hydrogen-bond acceptors (Lipinski definition) is 5. The maximum atomic E-state index is 12.0. The lowest BCUT2D eigenvalue weighted by atomic mass is 10.2. The minimum absolute atomic E-state index is 0.110. The van der Waals surface area contributed by atoms with E-state index in [1.165, 1.54) is 27.1 Å². The number of rotatable bonds is 2. The maximum absolute atomic E-state index is 12.0. The molecule has 90 valence electrons. The maximum Gasteiger partial charge on any atom is 0.291 e. The molecule has 0 atom stereocenters. The number of thioether (sulfide) groups is 1. The summed E-state index contributed by atoms with van der Waals surface area (Å²) < 4.78 is 1.98. The minimum Gasteiger partial charge on any atom is -0.266 e. The van der Waals surface area contributed by atoms with Gasteiger partial charge in [-0.15, -0.1) is 11.8 Å². The SMILES string of the molecule is CSc1ccc(C=c2sc3ncnn3c2=O)cc1. The zero-order valence-electron chi connectivity index (χ0n) is 9.53. The first kappa shape index (κ1) is 11.4. The molecular weight excluding hydrogens is 266 g/mol. The predicted octanol–water partition coefficient (Wildman–Crippen LogP) is 1.42. The molecule has 0 saturated carbocycles. The standard InChI is InChI=1S/C12H9N3OS2/c1-17-9-4-2-8(3-5-9)6-10-11(16)15-12(18-10)13-7-14-15/h2-7H,1H3. The van der Waals surface area contributed by atoms with Crippen LogP contribution >= 0.6 is 23.1 Å². The molecule has 0 spiro atoms. The zero-order valence-corrected chi connectivity index (χ0v) is 11.2. The van der Waals surface area contributed by atoms with E-state index < -0.39 is 0 Å². The van der Waals surface area contributed by atoms with Gasteiger partial charge in [0.15, 0.2) is 0 Å². The second kappa shape index (κ2) is 4.55.